The summed E-state index contributed by atoms with van der Waals surface area (Å²) >= 11 is 4.66. The van der Waals surface area contributed by atoms with E-state index < -0.39 is 12.0 Å². The Labute approximate surface area is 163 Å². The molecule has 0 atom stereocenters. The fraction of sp³-hybridized carbons (Fsp3) is 0.158. The third-order valence-corrected chi connectivity index (χ3v) is 5.49. The molecule has 1 aliphatic carbocycles. The van der Waals surface area contributed by atoms with E-state index in [1.165, 1.54) is 11.3 Å². The summed E-state index contributed by atoms with van der Waals surface area (Å²) in [6.45, 7) is 0.447. The molecule has 1 heterocycles. The van der Waals surface area contributed by atoms with Crippen molar-refractivity contribution in [3.8, 4) is 10.4 Å². The summed E-state index contributed by atoms with van der Waals surface area (Å²) in [7, 11) is 0. The predicted octanol–water partition coefficient (Wildman–Crippen LogP) is 5.27. The molecule has 0 fully saturated rings. The SMILES string of the molecule is O=C(NCC1=CC=CCC1)Nc1csc(-c2ccc(Br)cc2)c1C(=O)O. The Hall–Kier alpha value is -2.38. The van der Waals surface area contributed by atoms with Crippen molar-refractivity contribution in [1.82, 2.24) is 5.32 Å². The van der Waals surface area contributed by atoms with Crippen molar-refractivity contribution < 1.29 is 14.7 Å². The van der Waals surface area contributed by atoms with Crippen LogP contribution >= 0.6 is 27.3 Å². The van der Waals surface area contributed by atoms with Gasteiger partial charge in [-0.25, -0.2) is 9.59 Å². The largest absolute Gasteiger partial charge is 0.478 e. The molecule has 1 aromatic heterocycles. The number of hydrogen-bond acceptors (Lipinski definition) is 3. The van der Waals surface area contributed by atoms with Crippen LogP contribution in [0.5, 0.6) is 0 Å². The molecule has 0 unspecified atom stereocenters. The lowest BCUT2D eigenvalue weighted by Crippen LogP contribution is -2.30. The van der Waals surface area contributed by atoms with Gasteiger partial charge in [-0.3, -0.25) is 0 Å². The molecular weight excluding hydrogens is 416 g/mol. The van der Waals surface area contributed by atoms with Gasteiger partial charge in [0.15, 0.2) is 0 Å². The van der Waals surface area contributed by atoms with Crippen LogP contribution in [0.4, 0.5) is 10.5 Å². The second kappa shape index (κ2) is 8.33. The highest BCUT2D eigenvalue weighted by Crippen LogP contribution is 2.36. The highest BCUT2D eigenvalue weighted by Gasteiger charge is 2.21. The first-order chi connectivity index (χ1) is 12.5. The minimum atomic E-state index is -1.07. The summed E-state index contributed by atoms with van der Waals surface area (Å²) in [5.41, 5.74) is 2.34. The number of carboxylic acid groups (broad SMARTS) is 1. The fourth-order valence-corrected chi connectivity index (χ4v) is 3.90. The van der Waals surface area contributed by atoms with Crippen LogP contribution in [-0.4, -0.2) is 23.7 Å². The normalized spacial score (nSPS) is 13.2. The molecule has 0 spiro atoms. The lowest BCUT2D eigenvalue weighted by molar-refractivity contribution is 0.0699. The molecular formula is C19H17BrN2O3S. The summed E-state index contributed by atoms with van der Waals surface area (Å²) < 4.78 is 0.916. The number of hydrogen-bond donors (Lipinski definition) is 3. The van der Waals surface area contributed by atoms with E-state index in [0.29, 0.717) is 17.1 Å². The average Bonchev–Trinajstić information content (AvgIpc) is 3.05. The van der Waals surface area contributed by atoms with E-state index in [1.54, 1.807) is 5.38 Å². The molecule has 5 nitrogen and oxygen atoms in total. The van der Waals surface area contributed by atoms with Crippen LogP contribution in [0.25, 0.3) is 10.4 Å². The first kappa shape index (κ1) is 18.4. The molecule has 3 N–H and O–H groups in total. The quantitative estimate of drug-likeness (QED) is 0.601. The Kier molecular flexibility index (Phi) is 5.90. The number of anilines is 1. The summed E-state index contributed by atoms with van der Waals surface area (Å²) in [5.74, 6) is -1.07. The summed E-state index contributed by atoms with van der Waals surface area (Å²) in [5, 5.41) is 16.7. The zero-order valence-corrected chi connectivity index (χ0v) is 16.2. The zero-order chi connectivity index (χ0) is 18.5. The standard InChI is InChI=1S/C19H17BrN2O3S/c20-14-8-6-13(7-9-14)17-16(18(23)24)15(11-26-17)22-19(25)21-10-12-4-2-1-3-5-12/h1-2,4,6-9,11H,3,5,10H2,(H,23,24)(H2,21,22,25). The van der Waals surface area contributed by atoms with Crippen LogP contribution in [0.3, 0.4) is 0 Å². The third kappa shape index (κ3) is 4.42. The number of carbonyl (C=O) groups excluding carboxylic acids is 1. The van der Waals surface area contributed by atoms with Gasteiger partial charge in [-0.2, -0.15) is 0 Å². The van der Waals surface area contributed by atoms with E-state index in [4.69, 9.17) is 0 Å². The van der Waals surface area contributed by atoms with Crippen molar-refractivity contribution >= 4 is 45.0 Å². The van der Waals surface area contributed by atoms with Gasteiger partial charge in [-0.05, 0) is 30.5 Å². The number of amides is 2. The number of carboxylic acids is 1. The molecule has 0 aliphatic heterocycles. The Balaban J connectivity index is 1.74. The number of urea groups is 1. The van der Waals surface area contributed by atoms with Gasteiger partial charge in [-0.15, -0.1) is 11.3 Å². The van der Waals surface area contributed by atoms with Crippen molar-refractivity contribution in [2.75, 3.05) is 11.9 Å². The molecule has 0 saturated carbocycles. The Bertz CT molecular complexity index is 885. The maximum Gasteiger partial charge on any atom is 0.339 e. The molecule has 1 aromatic carbocycles. The highest BCUT2D eigenvalue weighted by atomic mass is 79.9. The number of allylic oxidation sites excluding steroid dienone is 3. The van der Waals surface area contributed by atoms with E-state index in [2.05, 4.69) is 32.6 Å². The van der Waals surface area contributed by atoms with E-state index in [1.807, 2.05) is 36.4 Å². The number of carbonyl (C=O) groups is 2. The second-order valence-corrected chi connectivity index (χ2v) is 7.56. The van der Waals surface area contributed by atoms with Crippen LogP contribution in [0.1, 0.15) is 23.2 Å². The van der Waals surface area contributed by atoms with Gasteiger partial charge in [0, 0.05) is 16.4 Å². The number of nitrogens with one attached hydrogen (secondary N) is 2. The average molecular weight is 433 g/mol. The molecule has 7 heteroatoms. The zero-order valence-electron chi connectivity index (χ0n) is 13.8. The third-order valence-electron chi connectivity index (χ3n) is 3.94. The van der Waals surface area contributed by atoms with Gasteiger partial charge in [0.25, 0.3) is 0 Å². The number of rotatable bonds is 5. The minimum Gasteiger partial charge on any atom is -0.478 e. The van der Waals surface area contributed by atoms with Gasteiger partial charge in [0.2, 0.25) is 0 Å². The number of aromatic carboxylic acids is 1. The van der Waals surface area contributed by atoms with E-state index in [0.717, 1.165) is 28.5 Å². The molecule has 2 aromatic rings. The van der Waals surface area contributed by atoms with Crippen LogP contribution in [0.2, 0.25) is 0 Å². The van der Waals surface area contributed by atoms with Crippen molar-refractivity contribution in [3.63, 3.8) is 0 Å². The molecule has 2 amide bonds. The molecule has 26 heavy (non-hydrogen) atoms. The topological polar surface area (TPSA) is 78.4 Å². The lowest BCUT2D eigenvalue weighted by atomic mass is 10.1. The minimum absolute atomic E-state index is 0.104. The molecule has 0 radical (unpaired) electrons. The first-order valence-electron chi connectivity index (χ1n) is 8.04. The van der Waals surface area contributed by atoms with Crippen LogP contribution in [-0.2, 0) is 0 Å². The Morgan fingerprint density at radius 3 is 2.65 bits per heavy atom. The predicted molar refractivity (Wildman–Crippen MR) is 108 cm³/mol. The van der Waals surface area contributed by atoms with Gasteiger partial charge in [-0.1, -0.05) is 51.9 Å². The summed E-state index contributed by atoms with van der Waals surface area (Å²) in [6.07, 6.45) is 7.94. The van der Waals surface area contributed by atoms with Crippen molar-refractivity contribution in [1.29, 1.82) is 0 Å². The summed E-state index contributed by atoms with van der Waals surface area (Å²) in [6, 6.07) is 6.98. The smallest absolute Gasteiger partial charge is 0.339 e. The maximum atomic E-state index is 12.2. The highest BCUT2D eigenvalue weighted by molar-refractivity contribution is 9.10. The Morgan fingerprint density at radius 2 is 2.00 bits per heavy atom. The molecule has 3 rings (SSSR count). The number of benzene rings is 1. The van der Waals surface area contributed by atoms with Crippen LogP contribution in [0.15, 0.2) is 57.9 Å². The monoisotopic (exact) mass is 432 g/mol. The van der Waals surface area contributed by atoms with E-state index >= 15 is 0 Å². The van der Waals surface area contributed by atoms with E-state index in [-0.39, 0.29) is 5.56 Å². The Morgan fingerprint density at radius 1 is 1.23 bits per heavy atom. The molecule has 0 saturated heterocycles. The lowest BCUT2D eigenvalue weighted by Gasteiger charge is -2.11. The number of thiophene rings is 1. The summed E-state index contributed by atoms with van der Waals surface area (Å²) in [4.78, 5) is 24.5. The first-order valence-corrected chi connectivity index (χ1v) is 9.72. The van der Waals surface area contributed by atoms with Crippen LogP contribution in [0, 0.1) is 0 Å². The van der Waals surface area contributed by atoms with Crippen molar-refractivity contribution in [2.24, 2.45) is 0 Å². The molecule has 134 valence electrons. The van der Waals surface area contributed by atoms with Gasteiger partial charge in [0.05, 0.1) is 10.6 Å². The molecule has 0 bridgehead atoms. The number of halogens is 1. The van der Waals surface area contributed by atoms with Gasteiger partial charge < -0.3 is 15.7 Å². The van der Waals surface area contributed by atoms with Crippen molar-refractivity contribution in [2.45, 2.75) is 12.8 Å². The van der Waals surface area contributed by atoms with Gasteiger partial charge >= 0.3 is 12.0 Å². The van der Waals surface area contributed by atoms with Crippen molar-refractivity contribution in [3.05, 3.63) is 63.5 Å². The van der Waals surface area contributed by atoms with Crippen LogP contribution < -0.4 is 10.6 Å². The second-order valence-electron chi connectivity index (χ2n) is 5.76. The van der Waals surface area contributed by atoms with E-state index in [9.17, 15) is 14.7 Å². The van der Waals surface area contributed by atoms with Gasteiger partial charge in [0.1, 0.15) is 5.56 Å². The maximum absolute atomic E-state index is 12.2. The fourth-order valence-electron chi connectivity index (χ4n) is 2.64. The molecule has 1 aliphatic rings.